The molecular weight excluding hydrogens is 264 g/mol. The van der Waals surface area contributed by atoms with Crippen LogP contribution in [0.4, 0.5) is 0 Å². The van der Waals surface area contributed by atoms with Crippen molar-refractivity contribution in [2.24, 2.45) is 0 Å². The van der Waals surface area contributed by atoms with E-state index in [0.717, 1.165) is 0 Å². The van der Waals surface area contributed by atoms with E-state index in [1.54, 1.807) is 6.92 Å². The Hall–Kier alpha value is -1.89. The second-order valence-electron chi connectivity index (χ2n) is 4.72. The third kappa shape index (κ3) is 3.16. The van der Waals surface area contributed by atoms with E-state index in [2.05, 4.69) is 4.98 Å². The number of hydrogen-bond donors (Lipinski definition) is 1. The van der Waals surface area contributed by atoms with Crippen LogP contribution >= 0.6 is 0 Å². The maximum absolute atomic E-state index is 11.8. The van der Waals surface area contributed by atoms with Crippen LogP contribution in [0.25, 0.3) is 0 Å². The van der Waals surface area contributed by atoms with Gasteiger partial charge in [0.1, 0.15) is 12.3 Å². The molecule has 1 fully saturated rings. The highest BCUT2D eigenvalue weighted by molar-refractivity contribution is 5.69. The van der Waals surface area contributed by atoms with Crippen molar-refractivity contribution in [3.05, 3.63) is 32.6 Å². The highest BCUT2D eigenvalue weighted by Crippen LogP contribution is 2.24. The van der Waals surface area contributed by atoms with Crippen molar-refractivity contribution in [1.29, 1.82) is 0 Å². The first-order chi connectivity index (χ1) is 9.92. The zero-order valence-electron chi connectivity index (χ0n) is 12.4. The summed E-state index contributed by atoms with van der Waals surface area (Å²) in [5, 5.41) is 0. The van der Waals surface area contributed by atoms with Crippen LogP contribution in [-0.4, -0.2) is 28.2 Å². The third-order valence-electron chi connectivity index (χ3n) is 3.01. The van der Waals surface area contributed by atoms with Crippen LogP contribution in [0.2, 0.25) is 0 Å². The molecule has 0 saturated carbocycles. The number of aromatic nitrogens is 2. The Labute approximate surface area is 116 Å². The summed E-state index contributed by atoms with van der Waals surface area (Å²) in [7, 11) is 0. The lowest BCUT2D eigenvalue weighted by molar-refractivity contribution is -0.149. The molecule has 7 heteroatoms. The molecule has 3 atom stereocenters. The number of esters is 1. The molecule has 2 rings (SSSR count). The van der Waals surface area contributed by atoms with Crippen LogP contribution in [0.1, 0.15) is 39.3 Å². The molecule has 1 saturated heterocycles. The standard InChI is InChI=1S/C13H18N2O5/c1-3-4-11(16)20-9-5-10(19-7-9)15-6-8(2)12(17)14-13(15)18/h6,9-10H,3-5,7H2,1-2H3,(H,14,17,18)/t9-,10+/m0/s1/i7D/t7-,9+,10-/m1. The molecule has 20 heavy (non-hydrogen) atoms. The monoisotopic (exact) mass is 283 g/mol. The van der Waals surface area contributed by atoms with E-state index in [0.29, 0.717) is 12.0 Å². The van der Waals surface area contributed by atoms with Gasteiger partial charge in [0.15, 0.2) is 0 Å². The van der Waals surface area contributed by atoms with Gasteiger partial charge < -0.3 is 9.47 Å². The summed E-state index contributed by atoms with van der Waals surface area (Å²) in [6.07, 6.45) is 1.09. The van der Waals surface area contributed by atoms with E-state index >= 15 is 0 Å². The van der Waals surface area contributed by atoms with Crippen LogP contribution < -0.4 is 11.2 Å². The predicted molar refractivity (Wildman–Crippen MR) is 70.5 cm³/mol. The maximum atomic E-state index is 11.8. The smallest absolute Gasteiger partial charge is 0.330 e. The van der Waals surface area contributed by atoms with Gasteiger partial charge in [-0.1, -0.05) is 6.92 Å². The molecule has 1 aliphatic heterocycles. The van der Waals surface area contributed by atoms with Gasteiger partial charge in [-0.15, -0.1) is 0 Å². The molecule has 1 aromatic heterocycles. The number of H-pyrrole nitrogens is 1. The van der Waals surface area contributed by atoms with Gasteiger partial charge in [0.05, 0.1) is 7.95 Å². The Bertz CT molecular complexity index is 638. The van der Waals surface area contributed by atoms with Crippen LogP contribution in [0.15, 0.2) is 15.8 Å². The molecule has 110 valence electrons. The maximum Gasteiger partial charge on any atom is 0.330 e. The second-order valence-corrected chi connectivity index (χ2v) is 4.72. The summed E-state index contributed by atoms with van der Waals surface area (Å²) in [5.74, 6) is -0.381. The largest absolute Gasteiger partial charge is 0.460 e. The Balaban J connectivity index is 2.14. The molecule has 0 unspecified atom stereocenters. The number of aromatic amines is 1. The molecule has 0 bridgehead atoms. The fourth-order valence-corrected chi connectivity index (χ4v) is 1.98. The van der Waals surface area contributed by atoms with E-state index < -0.39 is 30.2 Å². The third-order valence-corrected chi connectivity index (χ3v) is 3.01. The van der Waals surface area contributed by atoms with E-state index in [1.165, 1.54) is 10.8 Å². The van der Waals surface area contributed by atoms with Gasteiger partial charge in [-0.2, -0.15) is 0 Å². The zero-order chi connectivity index (χ0) is 15.6. The summed E-state index contributed by atoms with van der Waals surface area (Å²) >= 11 is 0. The average Bonchev–Trinajstić information content (AvgIpc) is 2.75. The first kappa shape index (κ1) is 13.1. The Morgan fingerprint density at radius 2 is 2.40 bits per heavy atom. The van der Waals surface area contributed by atoms with Crippen molar-refractivity contribution in [3.8, 4) is 0 Å². The minimum Gasteiger partial charge on any atom is -0.460 e. The van der Waals surface area contributed by atoms with E-state index in [9.17, 15) is 14.4 Å². The number of ether oxygens (including phenoxy) is 2. The molecule has 0 spiro atoms. The lowest BCUT2D eigenvalue weighted by atomic mass is 10.2. The summed E-state index contributed by atoms with van der Waals surface area (Å²) in [4.78, 5) is 36.8. The van der Waals surface area contributed by atoms with Gasteiger partial charge in [-0.3, -0.25) is 19.1 Å². The fraction of sp³-hybridized carbons (Fsp3) is 0.615. The average molecular weight is 283 g/mol. The second kappa shape index (κ2) is 6.04. The van der Waals surface area contributed by atoms with Crippen LogP contribution in [0.3, 0.4) is 0 Å². The van der Waals surface area contributed by atoms with Crippen LogP contribution in [-0.2, 0) is 14.3 Å². The lowest BCUT2D eigenvalue weighted by Crippen LogP contribution is -2.33. The van der Waals surface area contributed by atoms with Gasteiger partial charge in [0.2, 0.25) is 0 Å². The van der Waals surface area contributed by atoms with Crippen molar-refractivity contribution in [2.75, 3.05) is 6.58 Å². The van der Waals surface area contributed by atoms with Crippen LogP contribution in [0, 0.1) is 6.92 Å². The SMILES string of the molecule is [2H][C@H]1O[C@@H](n2cc(C)c(=O)[nH]c2=O)C[C@@H]1OC(=O)CCC. The van der Waals surface area contributed by atoms with Gasteiger partial charge in [-0.05, 0) is 13.3 Å². The molecule has 1 aromatic rings. The first-order valence-corrected chi connectivity index (χ1v) is 6.51. The van der Waals surface area contributed by atoms with Crippen molar-refractivity contribution >= 4 is 5.97 Å². The molecule has 2 heterocycles. The molecule has 1 N–H and O–H groups in total. The van der Waals surface area contributed by atoms with Crippen molar-refractivity contribution in [1.82, 2.24) is 9.55 Å². The molecule has 0 radical (unpaired) electrons. The molecule has 1 aliphatic rings. The molecular formula is C13H18N2O5. The number of carbonyl (C=O) groups is 1. The van der Waals surface area contributed by atoms with Crippen molar-refractivity contribution in [3.63, 3.8) is 0 Å². The predicted octanol–water partition coefficient (Wildman–Crippen LogP) is 0.476. The van der Waals surface area contributed by atoms with Gasteiger partial charge in [0.25, 0.3) is 5.56 Å². The number of carbonyl (C=O) groups excluding carboxylic acids is 1. The minimum atomic E-state index is -1.05. The van der Waals surface area contributed by atoms with Crippen molar-refractivity contribution < 1.29 is 15.6 Å². The fourth-order valence-electron chi connectivity index (χ4n) is 1.98. The summed E-state index contributed by atoms with van der Waals surface area (Å²) < 4.78 is 19.5. The van der Waals surface area contributed by atoms with Crippen molar-refractivity contribution in [2.45, 2.75) is 45.4 Å². The van der Waals surface area contributed by atoms with Gasteiger partial charge >= 0.3 is 11.7 Å². The number of nitrogens with one attached hydrogen (secondary N) is 1. The number of aryl methyl sites for hydroxylation is 1. The normalized spacial score (nSPS) is 26.3. The van der Waals surface area contributed by atoms with Gasteiger partial charge in [0, 0.05) is 24.6 Å². The highest BCUT2D eigenvalue weighted by Gasteiger charge is 2.30. The topological polar surface area (TPSA) is 90.4 Å². The minimum absolute atomic E-state index is 0.203. The zero-order valence-corrected chi connectivity index (χ0v) is 11.4. The van der Waals surface area contributed by atoms with Crippen LogP contribution in [0.5, 0.6) is 0 Å². The number of nitrogens with zero attached hydrogens (tertiary/aromatic N) is 1. The summed E-state index contributed by atoms with van der Waals surface area (Å²) in [6, 6.07) is 0. The molecule has 0 aromatic carbocycles. The highest BCUT2D eigenvalue weighted by atomic mass is 16.6. The summed E-state index contributed by atoms with van der Waals surface area (Å²) in [5.41, 5.74) is -0.697. The number of rotatable bonds is 4. The molecule has 7 nitrogen and oxygen atoms in total. The molecule has 0 aliphatic carbocycles. The van der Waals surface area contributed by atoms with E-state index in [1.807, 2.05) is 6.92 Å². The molecule has 0 amide bonds. The Morgan fingerprint density at radius 3 is 3.10 bits per heavy atom. The van der Waals surface area contributed by atoms with E-state index in [-0.39, 0.29) is 18.8 Å². The Kier molecular flexibility index (Phi) is 3.96. The number of hydrogen-bond acceptors (Lipinski definition) is 5. The Morgan fingerprint density at radius 1 is 1.65 bits per heavy atom. The first-order valence-electron chi connectivity index (χ1n) is 7.09. The lowest BCUT2D eigenvalue weighted by Gasteiger charge is -2.13. The quantitative estimate of drug-likeness (QED) is 0.811. The summed E-state index contributed by atoms with van der Waals surface area (Å²) in [6.45, 7) is 2.38. The van der Waals surface area contributed by atoms with Gasteiger partial charge in [-0.25, -0.2) is 4.79 Å². The van der Waals surface area contributed by atoms with E-state index in [4.69, 9.17) is 10.8 Å².